The normalized spacial score (nSPS) is 11.8. The van der Waals surface area contributed by atoms with Crippen molar-refractivity contribution in [2.75, 3.05) is 0 Å². The van der Waals surface area contributed by atoms with Gasteiger partial charge in [0.05, 0.1) is 45.3 Å². The maximum atomic E-state index is 9.56. The van der Waals surface area contributed by atoms with Crippen molar-refractivity contribution in [3.63, 3.8) is 0 Å². The monoisotopic (exact) mass is 514 g/mol. The van der Waals surface area contributed by atoms with Gasteiger partial charge in [-0.3, -0.25) is 0 Å². The molecule has 0 radical (unpaired) electrons. The molecule has 0 aliphatic carbocycles. The molecule has 0 aliphatic rings. The Hall–Kier alpha value is -5.32. The largest absolute Gasteiger partial charge is 0.309 e. The molecule has 0 fully saturated rings. The van der Waals surface area contributed by atoms with Gasteiger partial charge in [-0.1, -0.05) is 51.1 Å². The van der Waals surface area contributed by atoms with Gasteiger partial charge in [-0.2, -0.15) is 10.5 Å². The average Bonchev–Trinajstić information content (AvgIpc) is 3.48. The average molecular weight is 515 g/mol. The fourth-order valence-electron chi connectivity index (χ4n) is 5.93. The van der Waals surface area contributed by atoms with Crippen LogP contribution in [0.3, 0.4) is 0 Å². The number of hydrogen-bond acceptors (Lipinski definition) is 2. The summed E-state index contributed by atoms with van der Waals surface area (Å²) in [6, 6.07) is 40.1. The molecule has 0 aliphatic heterocycles. The number of fused-ring (bicyclic) bond motifs is 6. The first-order valence-electron chi connectivity index (χ1n) is 13.4. The number of para-hydroxylation sites is 1. The van der Waals surface area contributed by atoms with Crippen LogP contribution in [0.25, 0.3) is 55.0 Å². The molecule has 0 saturated carbocycles. The van der Waals surface area contributed by atoms with Crippen molar-refractivity contribution in [2.45, 2.75) is 26.2 Å². The molecule has 2 aromatic heterocycles. The SMILES string of the molecule is CC(C)(C)c1ccc2c(c1)c1ccccc1n2-c1cccc(-n2c3ccc(C#N)cc3c3cc(C#N)ccc32)c1. The molecule has 5 aromatic carbocycles. The Morgan fingerprint density at radius 2 is 1.00 bits per heavy atom. The van der Waals surface area contributed by atoms with Crippen LogP contribution in [0.1, 0.15) is 37.5 Å². The van der Waals surface area contributed by atoms with Crippen molar-refractivity contribution >= 4 is 43.6 Å². The first-order valence-corrected chi connectivity index (χ1v) is 13.4. The van der Waals surface area contributed by atoms with E-state index in [4.69, 9.17) is 0 Å². The van der Waals surface area contributed by atoms with Gasteiger partial charge in [0.2, 0.25) is 0 Å². The maximum Gasteiger partial charge on any atom is 0.0991 e. The van der Waals surface area contributed by atoms with Crippen LogP contribution in [0.15, 0.2) is 103 Å². The summed E-state index contributed by atoms with van der Waals surface area (Å²) in [6.07, 6.45) is 0. The minimum atomic E-state index is 0.0602. The van der Waals surface area contributed by atoms with Gasteiger partial charge in [-0.15, -0.1) is 0 Å². The summed E-state index contributed by atoms with van der Waals surface area (Å²) in [4.78, 5) is 0. The third-order valence-electron chi connectivity index (χ3n) is 7.91. The van der Waals surface area contributed by atoms with Crippen LogP contribution < -0.4 is 0 Å². The molecule has 7 aromatic rings. The van der Waals surface area contributed by atoms with Gasteiger partial charge in [-0.25, -0.2) is 0 Å². The summed E-state index contributed by atoms with van der Waals surface area (Å²) in [5, 5.41) is 23.5. The fraction of sp³-hybridized carbons (Fsp3) is 0.111. The molecule has 0 spiro atoms. The second-order valence-electron chi connectivity index (χ2n) is 11.4. The molecule has 0 saturated heterocycles. The standard InChI is InChI=1S/C36H26N4/c1-36(2,3)25-13-16-35-31(19-25)28-9-4-5-10-32(28)39(35)26-7-6-8-27(20-26)40-33-14-11-23(21-37)17-29(33)30-18-24(22-38)12-15-34(30)40/h4-20H,1-3H3. The van der Waals surface area contributed by atoms with E-state index < -0.39 is 0 Å². The van der Waals surface area contributed by atoms with Crippen molar-refractivity contribution in [1.29, 1.82) is 10.5 Å². The highest BCUT2D eigenvalue weighted by molar-refractivity contribution is 6.11. The van der Waals surface area contributed by atoms with E-state index in [-0.39, 0.29) is 5.41 Å². The first-order chi connectivity index (χ1) is 19.4. The van der Waals surface area contributed by atoms with Gasteiger partial charge < -0.3 is 9.13 Å². The third kappa shape index (κ3) is 3.51. The lowest BCUT2D eigenvalue weighted by molar-refractivity contribution is 0.591. The van der Waals surface area contributed by atoms with Crippen LogP contribution in [-0.4, -0.2) is 9.13 Å². The second kappa shape index (κ2) is 8.60. The van der Waals surface area contributed by atoms with Crippen LogP contribution >= 0.6 is 0 Å². The highest BCUT2D eigenvalue weighted by atomic mass is 15.0. The van der Waals surface area contributed by atoms with Crippen LogP contribution in [0, 0.1) is 22.7 Å². The van der Waals surface area contributed by atoms with Gasteiger partial charge in [0.25, 0.3) is 0 Å². The van der Waals surface area contributed by atoms with E-state index in [1.54, 1.807) is 0 Å². The quantitative estimate of drug-likeness (QED) is 0.231. The van der Waals surface area contributed by atoms with Crippen LogP contribution in [0.2, 0.25) is 0 Å². The van der Waals surface area contributed by atoms with E-state index in [0.717, 1.165) is 33.2 Å². The molecule has 0 atom stereocenters. The molecule has 190 valence electrons. The zero-order chi connectivity index (χ0) is 27.6. The van der Waals surface area contributed by atoms with Gasteiger partial charge >= 0.3 is 0 Å². The van der Waals surface area contributed by atoms with E-state index in [9.17, 15) is 10.5 Å². The highest BCUT2D eigenvalue weighted by Gasteiger charge is 2.19. The Bertz CT molecular complexity index is 2150. The van der Waals surface area contributed by atoms with Gasteiger partial charge in [-0.05, 0) is 83.8 Å². The Balaban J connectivity index is 1.51. The molecule has 40 heavy (non-hydrogen) atoms. The predicted molar refractivity (Wildman–Crippen MR) is 163 cm³/mol. The minimum Gasteiger partial charge on any atom is -0.309 e. The lowest BCUT2D eigenvalue weighted by Crippen LogP contribution is -2.10. The van der Waals surface area contributed by atoms with Crippen molar-refractivity contribution < 1.29 is 0 Å². The number of nitriles is 2. The summed E-state index contributed by atoms with van der Waals surface area (Å²) in [7, 11) is 0. The molecule has 4 nitrogen and oxygen atoms in total. The summed E-state index contributed by atoms with van der Waals surface area (Å²) < 4.78 is 4.57. The van der Waals surface area contributed by atoms with Crippen molar-refractivity contribution in [3.8, 4) is 23.5 Å². The van der Waals surface area contributed by atoms with E-state index in [1.165, 1.54) is 27.4 Å². The minimum absolute atomic E-state index is 0.0602. The maximum absolute atomic E-state index is 9.56. The summed E-state index contributed by atoms with van der Waals surface area (Å²) in [5.41, 5.74) is 9.00. The number of benzene rings is 5. The van der Waals surface area contributed by atoms with Gasteiger partial charge in [0.1, 0.15) is 0 Å². The lowest BCUT2D eigenvalue weighted by atomic mass is 9.86. The van der Waals surface area contributed by atoms with E-state index in [2.05, 4.69) is 109 Å². The Labute approximate surface area is 232 Å². The summed E-state index contributed by atoms with van der Waals surface area (Å²) >= 11 is 0. The Kier molecular flexibility index (Phi) is 5.11. The molecule has 0 amide bonds. The second-order valence-corrected chi connectivity index (χ2v) is 11.4. The molecule has 7 rings (SSSR count). The topological polar surface area (TPSA) is 57.4 Å². The van der Waals surface area contributed by atoms with E-state index >= 15 is 0 Å². The summed E-state index contributed by atoms with van der Waals surface area (Å²) in [6.45, 7) is 6.76. The van der Waals surface area contributed by atoms with Crippen LogP contribution in [0.5, 0.6) is 0 Å². The molecule has 2 heterocycles. The zero-order valence-corrected chi connectivity index (χ0v) is 22.6. The molecular formula is C36H26N4. The van der Waals surface area contributed by atoms with Gasteiger partial charge in [0.15, 0.2) is 0 Å². The third-order valence-corrected chi connectivity index (χ3v) is 7.91. The first kappa shape index (κ1) is 23.8. The Morgan fingerprint density at radius 3 is 1.55 bits per heavy atom. The van der Waals surface area contributed by atoms with Crippen molar-refractivity contribution in [1.82, 2.24) is 9.13 Å². The molecule has 0 unspecified atom stereocenters. The smallest absolute Gasteiger partial charge is 0.0991 e. The fourth-order valence-corrected chi connectivity index (χ4v) is 5.93. The number of aromatic nitrogens is 2. The summed E-state index contributed by atoms with van der Waals surface area (Å²) in [5.74, 6) is 0. The number of rotatable bonds is 2. The zero-order valence-electron chi connectivity index (χ0n) is 22.6. The number of nitrogens with zero attached hydrogens (tertiary/aromatic N) is 4. The van der Waals surface area contributed by atoms with Gasteiger partial charge in [0, 0.05) is 32.9 Å². The molecule has 4 heteroatoms. The number of hydrogen-bond donors (Lipinski definition) is 0. The molecule has 0 bridgehead atoms. The van der Waals surface area contributed by atoms with Crippen molar-refractivity contribution in [3.05, 3.63) is 120 Å². The lowest BCUT2D eigenvalue weighted by Gasteiger charge is -2.19. The highest BCUT2D eigenvalue weighted by Crippen LogP contribution is 2.37. The van der Waals surface area contributed by atoms with E-state index in [0.29, 0.717) is 11.1 Å². The molecular weight excluding hydrogens is 488 g/mol. The Morgan fingerprint density at radius 1 is 0.500 bits per heavy atom. The predicted octanol–water partition coefficient (Wildman–Crippen LogP) is 8.92. The van der Waals surface area contributed by atoms with Crippen LogP contribution in [-0.2, 0) is 5.41 Å². The van der Waals surface area contributed by atoms with E-state index in [1.807, 2.05) is 36.4 Å². The van der Waals surface area contributed by atoms with Crippen molar-refractivity contribution in [2.24, 2.45) is 0 Å². The van der Waals surface area contributed by atoms with Crippen LogP contribution in [0.4, 0.5) is 0 Å². The molecule has 0 N–H and O–H groups in total.